The highest BCUT2D eigenvalue weighted by Gasteiger charge is 2.28. The van der Waals surface area contributed by atoms with Crippen LogP contribution in [0.1, 0.15) is 46.1 Å². The van der Waals surface area contributed by atoms with E-state index < -0.39 is 6.17 Å². The van der Waals surface area contributed by atoms with Crippen molar-refractivity contribution < 1.29 is 9.13 Å². The van der Waals surface area contributed by atoms with Gasteiger partial charge in [0, 0.05) is 18.2 Å². The van der Waals surface area contributed by atoms with Crippen molar-refractivity contribution in [3.63, 3.8) is 0 Å². The van der Waals surface area contributed by atoms with Crippen molar-refractivity contribution in [1.82, 2.24) is 14.9 Å². The number of nitrogens with zero attached hydrogens (tertiary/aromatic N) is 3. The van der Waals surface area contributed by atoms with Crippen LogP contribution in [0.3, 0.4) is 0 Å². The third-order valence-electron chi connectivity index (χ3n) is 3.54. The third kappa shape index (κ3) is 7.19. The summed E-state index contributed by atoms with van der Waals surface area (Å²) in [5, 5.41) is 0.642. The summed E-state index contributed by atoms with van der Waals surface area (Å²) in [5.41, 5.74) is 0.661. The van der Waals surface area contributed by atoms with E-state index in [1.54, 1.807) is 6.92 Å². The van der Waals surface area contributed by atoms with Crippen LogP contribution in [0.25, 0.3) is 0 Å². The molecule has 2 atom stereocenters. The number of hydrogen-bond acceptors (Lipinski definition) is 4. The molecule has 1 saturated heterocycles. The molecule has 7 heteroatoms. The maximum Gasteiger partial charge on any atom is 0.318 e. The molecule has 23 heavy (non-hydrogen) atoms. The van der Waals surface area contributed by atoms with Gasteiger partial charge in [0.25, 0.3) is 0 Å². The SMILES string of the molecule is CC.CCC1CC(F)CN1CC.COc1nc(Cl)c(C)c(Cl)n1. The van der Waals surface area contributed by atoms with Gasteiger partial charge in [-0.1, -0.05) is 50.9 Å². The molecule has 2 heterocycles. The average Bonchev–Trinajstić information content (AvgIpc) is 2.94. The molecule has 1 aromatic rings. The number of methoxy groups -OCH3 is 1. The van der Waals surface area contributed by atoms with Crippen molar-refractivity contribution >= 4 is 23.2 Å². The molecule has 1 fully saturated rings. The van der Waals surface area contributed by atoms with Gasteiger partial charge in [0.2, 0.25) is 0 Å². The van der Waals surface area contributed by atoms with Crippen LogP contribution >= 0.6 is 23.2 Å². The molecule has 0 aliphatic carbocycles. The second kappa shape index (κ2) is 11.8. The fraction of sp³-hybridized carbons (Fsp3) is 0.750. The summed E-state index contributed by atoms with van der Waals surface area (Å²) in [7, 11) is 1.46. The molecule has 0 radical (unpaired) electrons. The Morgan fingerprint density at radius 1 is 1.22 bits per heavy atom. The van der Waals surface area contributed by atoms with Crippen LogP contribution in [0.5, 0.6) is 6.01 Å². The highest BCUT2D eigenvalue weighted by molar-refractivity contribution is 6.34. The Hall–Kier alpha value is -0.650. The fourth-order valence-electron chi connectivity index (χ4n) is 2.27. The molecule has 0 spiro atoms. The normalized spacial score (nSPS) is 20.2. The summed E-state index contributed by atoms with van der Waals surface area (Å²) in [6, 6.07) is 0.700. The number of aromatic nitrogens is 2. The lowest BCUT2D eigenvalue weighted by atomic mass is 10.1. The van der Waals surface area contributed by atoms with E-state index in [4.69, 9.17) is 27.9 Å². The number of hydrogen-bond donors (Lipinski definition) is 0. The smallest absolute Gasteiger partial charge is 0.318 e. The lowest BCUT2D eigenvalue weighted by molar-refractivity contribution is 0.251. The van der Waals surface area contributed by atoms with E-state index in [-0.39, 0.29) is 6.01 Å². The van der Waals surface area contributed by atoms with Crippen molar-refractivity contribution in [1.29, 1.82) is 0 Å². The molecule has 1 aliphatic heterocycles. The summed E-state index contributed by atoms with van der Waals surface area (Å²) in [6.45, 7) is 11.6. The van der Waals surface area contributed by atoms with Gasteiger partial charge in [-0.3, -0.25) is 4.90 Å². The van der Waals surface area contributed by atoms with Gasteiger partial charge in [-0.05, 0) is 26.3 Å². The predicted molar refractivity (Wildman–Crippen MR) is 95.5 cm³/mol. The van der Waals surface area contributed by atoms with Crippen LogP contribution in [0, 0.1) is 6.92 Å². The largest absolute Gasteiger partial charge is 0.467 e. The molecule has 0 saturated carbocycles. The Kier molecular flexibility index (Phi) is 11.5. The summed E-state index contributed by atoms with van der Waals surface area (Å²) in [4.78, 5) is 9.83. The Labute approximate surface area is 149 Å². The van der Waals surface area contributed by atoms with E-state index >= 15 is 0 Å². The third-order valence-corrected chi connectivity index (χ3v) is 4.28. The van der Waals surface area contributed by atoms with E-state index in [1.807, 2.05) is 13.8 Å². The van der Waals surface area contributed by atoms with Crippen LogP contribution < -0.4 is 4.74 Å². The Balaban J connectivity index is 0.000000381. The van der Waals surface area contributed by atoms with E-state index in [2.05, 4.69) is 28.7 Å². The van der Waals surface area contributed by atoms with Crippen molar-refractivity contribution in [2.75, 3.05) is 20.2 Å². The van der Waals surface area contributed by atoms with Crippen LogP contribution in [-0.4, -0.2) is 47.3 Å². The second-order valence-electron chi connectivity index (χ2n) is 4.90. The first-order valence-electron chi connectivity index (χ1n) is 8.04. The minimum Gasteiger partial charge on any atom is -0.467 e. The summed E-state index contributed by atoms with van der Waals surface area (Å²) in [6.07, 6.45) is 1.28. The lowest BCUT2D eigenvalue weighted by Gasteiger charge is -2.19. The summed E-state index contributed by atoms with van der Waals surface area (Å²) >= 11 is 11.4. The van der Waals surface area contributed by atoms with Gasteiger partial charge in [0.1, 0.15) is 16.5 Å². The number of likely N-dealkylation sites (tertiary alicyclic amines) is 1. The molecule has 2 unspecified atom stereocenters. The number of rotatable bonds is 3. The van der Waals surface area contributed by atoms with Crippen molar-refractivity contribution in [3.8, 4) is 6.01 Å². The lowest BCUT2D eigenvalue weighted by Crippen LogP contribution is -2.28. The van der Waals surface area contributed by atoms with Crippen LogP contribution in [0.4, 0.5) is 4.39 Å². The zero-order chi connectivity index (χ0) is 18.0. The van der Waals surface area contributed by atoms with E-state index in [0.29, 0.717) is 28.5 Å². The number of ether oxygens (including phenoxy) is 1. The fourth-order valence-corrected chi connectivity index (χ4v) is 2.64. The molecule has 0 aromatic carbocycles. The van der Waals surface area contributed by atoms with Crippen LogP contribution in [0.2, 0.25) is 10.3 Å². The molecule has 2 rings (SSSR count). The summed E-state index contributed by atoms with van der Waals surface area (Å²) in [5.74, 6) is 0. The highest BCUT2D eigenvalue weighted by Crippen LogP contribution is 2.22. The second-order valence-corrected chi connectivity index (χ2v) is 5.62. The van der Waals surface area contributed by atoms with Crippen LogP contribution in [0.15, 0.2) is 0 Å². The monoisotopic (exact) mass is 367 g/mol. The van der Waals surface area contributed by atoms with Gasteiger partial charge in [-0.25, -0.2) is 4.39 Å². The Bertz CT molecular complexity index is 428. The first kappa shape index (κ1) is 22.4. The summed E-state index contributed by atoms with van der Waals surface area (Å²) < 4.78 is 17.5. The first-order chi connectivity index (χ1) is 10.9. The van der Waals surface area contributed by atoms with Gasteiger partial charge >= 0.3 is 6.01 Å². The molecular weight excluding hydrogens is 340 g/mol. The maximum atomic E-state index is 12.8. The zero-order valence-electron chi connectivity index (χ0n) is 14.9. The molecule has 0 amide bonds. The topological polar surface area (TPSA) is 38.2 Å². The number of halogens is 3. The van der Waals surface area contributed by atoms with E-state index in [0.717, 1.165) is 19.4 Å². The van der Waals surface area contributed by atoms with Crippen molar-refractivity contribution in [2.45, 2.75) is 59.7 Å². The van der Waals surface area contributed by atoms with Gasteiger partial charge in [0.15, 0.2) is 0 Å². The zero-order valence-corrected chi connectivity index (χ0v) is 16.4. The molecule has 0 N–H and O–H groups in total. The minimum absolute atomic E-state index is 0.186. The van der Waals surface area contributed by atoms with Gasteiger partial charge in [-0.15, -0.1) is 0 Å². The van der Waals surface area contributed by atoms with E-state index in [1.165, 1.54) is 7.11 Å². The minimum atomic E-state index is -0.565. The van der Waals surface area contributed by atoms with Gasteiger partial charge in [-0.2, -0.15) is 9.97 Å². The van der Waals surface area contributed by atoms with Crippen LogP contribution in [-0.2, 0) is 0 Å². The van der Waals surface area contributed by atoms with Gasteiger partial charge in [0.05, 0.1) is 7.11 Å². The van der Waals surface area contributed by atoms with E-state index in [9.17, 15) is 4.39 Å². The average molecular weight is 368 g/mol. The van der Waals surface area contributed by atoms with Crippen molar-refractivity contribution in [3.05, 3.63) is 15.9 Å². The maximum absolute atomic E-state index is 12.8. The predicted octanol–water partition coefficient (Wildman–Crippen LogP) is 4.96. The molecule has 134 valence electrons. The standard InChI is InChI=1S/C8H16FN.C6H6Cl2N2O.C2H6/c1-3-8-5-7(9)6-10(8)4-2;1-3-4(7)9-6(11-2)10-5(3)8;1-2/h7-8H,3-6H2,1-2H3;1-2H3;1-2H3. The molecule has 1 aromatic heterocycles. The molecule has 0 bridgehead atoms. The molecule has 4 nitrogen and oxygen atoms in total. The number of alkyl halides is 1. The van der Waals surface area contributed by atoms with Gasteiger partial charge < -0.3 is 4.74 Å². The quantitative estimate of drug-likeness (QED) is 0.707. The Morgan fingerprint density at radius 3 is 2.09 bits per heavy atom. The first-order valence-corrected chi connectivity index (χ1v) is 8.80. The molecular formula is C16H28Cl2FN3O. The Morgan fingerprint density at radius 2 is 1.74 bits per heavy atom. The highest BCUT2D eigenvalue weighted by atomic mass is 35.5. The van der Waals surface area contributed by atoms with Crippen molar-refractivity contribution in [2.24, 2.45) is 0 Å². The molecule has 1 aliphatic rings.